The summed E-state index contributed by atoms with van der Waals surface area (Å²) in [6.07, 6.45) is 0. The summed E-state index contributed by atoms with van der Waals surface area (Å²) >= 11 is 0. The third-order valence-corrected chi connectivity index (χ3v) is 5.74. The molecule has 2 aromatic carbocycles. The first kappa shape index (κ1) is 19.5. The third kappa shape index (κ3) is 3.41. The van der Waals surface area contributed by atoms with Crippen LogP contribution in [-0.2, 0) is 11.3 Å². The van der Waals surface area contributed by atoms with Gasteiger partial charge in [0, 0.05) is 17.3 Å². The first-order chi connectivity index (χ1) is 13.9. The van der Waals surface area contributed by atoms with Crippen LogP contribution in [0.25, 0.3) is 10.8 Å². The van der Waals surface area contributed by atoms with Crippen molar-refractivity contribution in [3.05, 3.63) is 75.2 Å². The second kappa shape index (κ2) is 7.57. The number of H-pyrrole nitrogens is 1. The molecule has 7 heteroatoms. The Labute approximate surface area is 166 Å². The number of aromatic nitrogens is 1. The average Bonchev–Trinajstić information content (AvgIpc) is 2.73. The number of rotatable bonds is 4. The lowest BCUT2D eigenvalue weighted by Crippen LogP contribution is -2.35. The maximum absolute atomic E-state index is 14.0. The highest BCUT2D eigenvalue weighted by molar-refractivity contribution is 5.86. The van der Waals surface area contributed by atoms with Crippen LogP contribution in [0.4, 0.5) is 8.78 Å². The molecule has 0 saturated heterocycles. The zero-order chi connectivity index (χ0) is 20.7. The Kier molecular flexibility index (Phi) is 5.10. The van der Waals surface area contributed by atoms with Gasteiger partial charge in [-0.15, -0.1) is 0 Å². The van der Waals surface area contributed by atoms with Gasteiger partial charge in [-0.1, -0.05) is 12.1 Å². The Morgan fingerprint density at radius 3 is 2.48 bits per heavy atom. The van der Waals surface area contributed by atoms with E-state index in [1.165, 1.54) is 0 Å². The second-order valence-corrected chi connectivity index (χ2v) is 7.30. The first-order valence-corrected chi connectivity index (χ1v) is 9.38. The minimum Gasteiger partial charge on any atom is -0.497 e. The summed E-state index contributed by atoms with van der Waals surface area (Å²) in [5.74, 6) is -1.23. The fraction of sp³-hybridized carbons (Fsp3) is 0.318. The van der Waals surface area contributed by atoms with Gasteiger partial charge in [-0.25, -0.2) is 8.78 Å². The SMILES string of the molecule is COc1ccc([C@@H](C)N(C)C2COCc3[nH]c(=O)c4cc(F)c(F)cc4c32)cc1. The largest absolute Gasteiger partial charge is 0.497 e. The molecule has 0 saturated carbocycles. The molecule has 1 aliphatic rings. The molecule has 2 heterocycles. The van der Waals surface area contributed by atoms with Crippen LogP contribution in [0, 0.1) is 11.6 Å². The Hall–Kier alpha value is -2.77. The Morgan fingerprint density at radius 1 is 1.17 bits per heavy atom. The number of halogens is 2. The molecule has 0 spiro atoms. The van der Waals surface area contributed by atoms with E-state index in [2.05, 4.69) is 16.8 Å². The van der Waals surface area contributed by atoms with Crippen LogP contribution in [0.5, 0.6) is 5.75 Å². The number of aromatic amines is 1. The highest BCUT2D eigenvalue weighted by atomic mass is 19.2. The van der Waals surface area contributed by atoms with E-state index in [0.717, 1.165) is 29.0 Å². The fourth-order valence-electron chi connectivity index (χ4n) is 3.95. The predicted molar refractivity (Wildman–Crippen MR) is 106 cm³/mol. The monoisotopic (exact) mass is 400 g/mol. The van der Waals surface area contributed by atoms with E-state index in [1.54, 1.807) is 7.11 Å². The molecule has 29 heavy (non-hydrogen) atoms. The van der Waals surface area contributed by atoms with E-state index < -0.39 is 17.2 Å². The maximum atomic E-state index is 14.0. The molecule has 4 rings (SSSR count). The number of benzene rings is 2. The molecule has 2 atom stereocenters. The summed E-state index contributed by atoms with van der Waals surface area (Å²) in [6.45, 7) is 2.66. The summed E-state index contributed by atoms with van der Waals surface area (Å²) in [6, 6.07) is 9.63. The van der Waals surface area contributed by atoms with Gasteiger partial charge < -0.3 is 14.5 Å². The fourth-order valence-corrected chi connectivity index (χ4v) is 3.95. The Morgan fingerprint density at radius 2 is 1.83 bits per heavy atom. The van der Waals surface area contributed by atoms with Gasteiger partial charge in [0.25, 0.3) is 5.56 Å². The van der Waals surface area contributed by atoms with Crippen molar-refractivity contribution >= 4 is 10.8 Å². The second-order valence-electron chi connectivity index (χ2n) is 7.30. The van der Waals surface area contributed by atoms with Crippen LogP contribution in [0.1, 0.15) is 35.8 Å². The number of pyridine rings is 1. The van der Waals surface area contributed by atoms with Gasteiger partial charge in [0.2, 0.25) is 0 Å². The molecule has 1 aromatic heterocycles. The lowest BCUT2D eigenvalue weighted by Gasteiger charge is -2.37. The molecule has 0 radical (unpaired) electrons. The quantitative estimate of drug-likeness (QED) is 0.717. The highest BCUT2D eigenvalue weighted by Crippen LogP contribution is 2.37. The Bertz CT molecular complexity index is 1110. The molecule has 1 aliphatic heterocycles. The number of nitrogens with one attached hydrogen (secondary N) is 1. The summed E-state index contributed by atoms with van der Waals surface area (Å²) < 4.78 is 38.7. The van der Waals surface area contributed by atoms with Gasteiger partial charge in [-0.05, 0) is 49.2 Å². The Balaban J connectivity index is 1.80. The van der Waals surface area contributed by atoms with Gasteiger partial charge >= 0.3 is 0 Å². The zero-order valence-electron chi connectivity index (χ0n) is 16.5. The van der Waals surface area contributed by atoms with Crippen molar-refractivity contribution in [1.29, 1.82) is 0 Å². The minimum atomic E-state index is -1.04. The summed E-state index contributed by atoms with van der Waals surface area (Å²) in [5.41, 5.74) is 1.99. The lowest BCUT2D eigenvalue weighted by molar-refractivity contribution is 0.0271. The van der Waals surface area contributed by atoms with Crippen molar-refractivity contribution in [2.45, 2.75) is 25.6 Å². The molecular formula is C22H22F2N2O3. The standard InChI is InChI=1S/C22H22F2N2O3/c1-12(13-4-6-14(28-3)7-5-13)26(2)20-11-29-10-19-21(20)15-8-17(23)18(24)9-16(15)22(27)25-19/h4-9,12,20H,10-11H2,1-3H3,(H,25,27)/t12-,20?/m1/s1. The van der Waals surface area contributed by atoms with Crippen molar-refractivity contribution in [3.63, 3.8) is 0 Å². The molecule has 1 unspecified atom stereocenters. The molecule has 0 bridgehead atoms. The highest BCUT2D eigenvalue weighted by Gasteiger charge is 2.31. The lowest BCUT2D eigenvalue weighted by atomic mass is 9.94. The van der Waals surface area contributed by atoms with E-state index in [4.69, 9.17) is 9.47 Å². The third-order valence-electron chi connectivity index (χ3n) is 5.74. The number of methoxy groups -OCH3 is 1. The minimum absolute atomic E-state index is 0.00716. The first-order valence-electron chi connectivity index (χ1n) is 9.38. The number of fused-ring (bicyclic) bond motifs is 3. The summed E-state index contributed by atoms with van der Waals surface area (Å²) in [7, 11) is 3.57. The van der Waals surface area contributed by atoms with Gasteiger partial charge in [0.1, 0.15) is 5.75 Å². The van der Waals surface area contributed by atoms with Crippen LogP contribution in [0.3, 0.4) is 0 Å². The number of hydrogen-bond donors (Lipinski definition) is 1. The van der Waals surface area contributed by atoms with Crippen molar-refractivity contribution in [3.8, 4) is 5.75 Å². The maximum Gasteiger partial charge on any atom is 0.256 e. The number of nitrogens with zero attached hydrogens (tertiary/aromatic N) is 1. The zero-order valence-corrected chi connectivity index (χ0v) is 16.5. The molecule has 152 valence electrons. The summed E-state index contributed by atoms with van der Waals surface area (Å²) in [4.78, 5) is 17.3. The molecule has 0 aliphatic carbocycles. The molecule has 0 fully saturated rings. The number of ether oxygens (including phenoxy) is 2. The van der Waals surface area contributed by atoms with Crippen LogP contribution in [0.15, 0.2) is 41.2 Å². The van der Waals surface area contributed by atoms with Crippen molar-refractivity contribution in [2.75, 3.05) is 20.8 Å². The van der Waals surface area contributed by atoms with Gasteiger partial charge in [-0.2, -0.15) is 0 Å². The van der Waals surface area contributed by atoms with Crippen molar-refractivity contribution in [2.24, 2.45) is 0 Å². The molecule has 5 nitrogen and oxygen atoms in total. The molecule has 0 amide bonds. The van der Waals surface area contributed by atoms with Crippen LogP contribution >= 0.6 is 0 Å². The van der Waals surface area contributed by atoms with Crippen LogP contribution in [-0.4, -0.2) is 30.6 Å². The average molecular weight is 400 g/mol. The van der Waals surface area contributed by atoms with Gasteiger partial charge in [0.05, 0.1) is 31.8 Å². The molecule has 1 N–H and O–H groups in total. The van der Waals surface area contributed by atoms with E-state index in [9.17, 15) is 13.6 Å². The summed E-state index contributed by atoms with van der Waals surface area (Å²) in [5, 5.41) is 0.560. The van der Waals surface area contributed by atoms with Crippen molar-refractivity contribution in [1.82, 2.24) is 9.88 Å². The van der Waals surface area contributed by atoms with E-state index in [-0.39, 0.29) is 24.1 Å². The topological polar surface area (TPSA) is 54.6 Å². The van der Waals surface area contributed by atoms with E-state index in [1.807, 2.05) is 31.3 Å². The van der Waals surface area contributed by atoms with E-state index >= 15 is 0 Å². The van der Waals surface area contributed by atoms with Gasteiger partial charge in [0.15, 0.2) is 11.6 Å². The van der Waals surface area contributed by atoms with Crippen LogP contribution < -0.4 is 10.3 Å². The predicted octanol–water partition coefficient (Wildman–Crippen LogP) is 4.08. The molecule has 3 aromatic rings. The number of hydrogen-bond acceptors (Lipinski definition) is 4. The normalized spacial score (nSPS) is 17.4. The van der Waals surface area contributed by atoms with Gasteiger partial charge in [-0.3, -0.25) is 9.69 Å². The van der Waals surface area contributed by atoms with E-state index in [0.29, 0.717) is 17.7 Å². The molecular weight excluding hydrogens is 378 g/mol. The van der Waals surface area contributed by atoms with Crippen LogP contribution in [0.2, 0.25) is 0 Å². The van der Waals surface area contributed by atoms with Crippen molar-refractivity contribution < 1.29 is 18.3 Å². The number of likely N-dealkylation sites (N-methyl/N-ethyl adjacent to an activating group) is 1. The smallest absolute Gasteiger partial charge is 0.256 e.